The lowest BCUT2D eigenvalue weighted by Gasteiger charge is -2.29. The predicted octanol–water partition coefficient (Wildman–Crippen LogP) is 3.12. The van der Waals surface area contributed by atoms with E-state index in [-0.39, 0.29) is 46.3 Å². The Morgan fingerprint density at radius 2 is 1.74 bits per heavy atom. The van der Waals surface area contributed by atoms with Crippen molar-refractivity contribution in [3.63, 3.8) is 0 Å². The second-order valence-electron chi connectivity index (χ2n) is 8.63. The lowest BCUT2D eigenvalue weighted by molar-refractivity contribution is 0.0600. The van der Waals surface area contributed by atoms with Crippen LogP contribution in [-0.2, 0) is 19.5 Å². The normalized spacial score (nSPS) is 14.1. The summed E-state index contributed by atoms with van der Waals surface area (Å²) in [6.45, 7) is 3.09. The maximum atomic E-state index is 13.0. The third-order valence-electron chi connectivity index (χ3n) is 5.69. The zero-order valence-electron chi connectivity index (χ0n) is 21.6. The quantitative estimate of drug-likeness (QED) is 0.350. The number of nitrogens with zero attached hydrogens (tertiary/aromatic N) is 3. The molecule has 13 heteroatoms. The summed E-state index contributed by atoms with van der Waals surface area (Å²) >= 11 is 0. The molecule has 3 heterocycles. The van der Waals surface area contributed by atoms with E-state index in [1.54, 1.807) is 6.92 Å². The number of nitrogens with one attached hydrogen (secondary N) is 1. The van der Waals surface area contributed by atoms with Crippen LogP contribution in [0.1, 0.15) is 34.1 Å². The number of ether oxygens (including phenoxy) is 4. The third kappa shape index (κ3) is 6.88. The van der Waals surface area contributed by atoms with E-state index in [0.29, 0.717) is 18.8 Å². The number of carbonyl (C=O) groups is 2. The fraction of sp³-hybridized carbons (Fsp3) is 0.308. The number of pyridine rings is 2. The highest BCUT2D eigenvalue weighted by Gasteiger charge is 2.29. The Morgan fingerprint density at radius 1 is 1.03 bits per heavy atom. The van der Waals surface area contributed by atoms with Gasteiger partial charge in [-0.3, -0.25) is 4.79 Å². The molecule has 1 fully saturated rings. The van der Waals surface area contributed by atoms with Gasteiger partial charge >= 0.3 is 5.97 Å². The highest BCUT2D eigenvalue weighted by Crippen LogP contribution is 2.28. The van der Waals surface area contributed by atoms with Crippen molar-refractivity contribution in [3.05, 3.63) is 65.9 Å². The van der Waals surface area contributed by atoms with E-state index in [1.807, 2.05) is 0 Å². The van der Waals surface area contributed by atoms with Crippen LogP contribution in [0.2, 0.25) is 0 Å². The molecule has 3 aromatic rings. The summed E-state index contributed by atoms with van der Waals surface area (Å²) in [6.07, 6.45) is 1.76. The molecule has 1 aromatic carbocycles. The topological polar surface area (TPSA) is 146 Å². The fourth-order valence-corrected chi connectivity index (χ4v) is 5.09. The SMILES string of the molecule is COC[C@@H](C)Oc1cc(C(=O)Nc2ccc(C(=O)OC)cn2)cc(Oc2ccc(S(=O)(=O)N3CCC3)cc2)n1. The van der Waals surface area contributed by atoms with Crippen molar-refractivity contribution in [2.75, 3.05) is 39.2 Å². The smallest absolute Gasteiger partial charge is 0.339 e. The van der Waals surface area contributed by atoms with Crippen molar-refractivity contribution in [2.24, 2.45) is 0 Å². The van der Waals surface area contributed by atoms with Crippen LogP contribution in [0.25, 0.3) is 0 Å². The molecule has 0 spiro atoms. The molecule has 1 atom stereocenters. The van der Waals surface area contributed by atoms with Gasteiger partial charge in [0.25, 0.3) is 5.91 Å². The summed E-state index contributed by atoms with van der Waals surface area (Å²) in [5.41, 5.74) is 0.400. The number of anilines is 1. The van der Waals surface area contributed by atoms with Gasteiger partial charge in [0, 0.05) is 38.5 Å². The van der Waals surface area contributed by atoms with Gasteiger partial charge in [0.1, 0.15) is 17.7 Å². The van der Waals surface area contributed by atoms with E-state index in [4.69, 9.17) is 14.2 Å². The van der Waals surface area contributed by atoms with Crippen LogP contribution in [0, 0.1) is 0 Å². The average Bonchev–Trinajstić information content (AvgIpc) is 2.87. The Morgan fingerprint density at radius 3 is 2.33 bits per heavy atom. The highest BCUT2D eigenvalue weighted by molar-refractivity contribution is 7.89. The van der Waals surface area contributed by atoms with Gasteiger partial charge in [-0.2, -0.15) is 9.29 Å². The van der Waals surface area contributed by atoms with Crippen LogP contribution >= 0.6 is 0 Å². The molecule has 0 bridgehead atoms. The molecule has 0 unspecified atom stereocenters. The van der Waals surface area contributed by atoms with E-state index in [9.17, 15) is 18.0 Å². The van der Waals surface area contributed by atoms with Crippen molar-refractivity contribution in [3.8, 4) is 17.5 Å². The minimum absolute atomic E-state index is 0.0506. The lowest BCUT2D eigenvalue weighted by Crippen LogP contribution is -2.41. The van der Waals surface area contributed by atoms with E-state index in [0.717, 1.165) is 6.42 Å². The zero-order chi connectivity index (χ0) is 28.0. The number of methoxy groups -OCH3 is 2. The van der Waals surface area contributed by atoms with Gasteiger partial charge < -0.3 is 24.3 Å². The molecule has 39 heavy (non-hydrogen) atoms. The number of aromatic nitrogens is 2. The van der Waals surface area contributed by atoms with Crippen LogP contribution in [0.15, 0.2) is 59.6 Å². The van der Waals surface area contributed by atoms with Crippen LogP contribution < -0.4 is 14.8 Å². The van der Waals surface area contributed by atoms with Crippen molar-refractivity contribution < 1.29 is 37.0 Å². The standard InChI is InChI=1S/C26H28N4O8S/c1-17(16-35-2)37-23-13-19(25(31)28-22-10-5-18(15-27-22)26(32)36-3)14-24(29-23)38-20-6-8-21(9-7-20)39(33,34)30-11-4-12-30/h5-10,13-15,17H,4,11-12,16H2,1-3H3,(H,27,28,31)/t17-/m1/s1. The molecule has 206 valence electrons. The van der Waals surface area contributed by atoms with E-state index in [2.05, 4.69) is 20.0 Å². The third-order valence-corrected chi connectivity index (χ3v) is 7.60. The van der Waals surface area contributed by atoms with Gasteiger partial charge in [-0.05, 0) is 49.7 Å². The largest absolute Gasteiger partial charge is 0.472 e. The Bertz CT molecular complexity index is 1430. The molecule has 1 aliphatic heterocycles. The Balaban J connectivity index is 1.55. The molecule has 12 nitrogen and oxygen atoms in total. The molecule has 1 amide bonds. The Kier molecular flexibility index (Phi) is 8.74. The molecule has 0 radical (unpaired) electrons. The van der Waals surface area contributed by atoms with Gasteiger partial charge in [0.15, 0.2) is 0 Å². The molecule has 4 rings (SSSR count). The van der Waals surface area contributed by atoms with Gasteiger partial charge in [-0.25, -0.2) is 18.2 Å². The molecular formula is C26H28N4O8S. The van der Waals surface area contributed by atoms with E-state index in [1.165, 1.54) is 73.3 Å². The molecule has 1 saturated heterocycles. The maximum Gasteiger partial charge on any atom is 0.339 e. The predicted molar refractivity (Wildman–Crippen MR) is 140 cm³/mol. The summed E-state index contributed by atoms with van der Waals surface area (Å²) in [7, 11) is -0.729. The first kappa shape index (κ1) is 28.0. The minimum atomic E-state index is -3.53. The van der Waals surface area contributed by atoms with Crippen molar-refractivity contribution in [2.45, 2.75) is 24.3 Å². The number of rotatable bonds is 11. The number of carbonyl (C=O) groups excluding carboxylic acids is 2. The van der Waals surface area contributed by atoms with Crippen molar-refractivity contribution >= 4 is 27.7 Å². The summed E-state index contributed by atoms with van der Waals surface area (Å²) in [6, 6.07) is 11.8. The summed E-state index contributed by atoms with van der Waals surface area (Å²) in [4.78, 5) is 33.2. The number of sulfonamides is 1. The second-order valence-corrected chi connectivity index (χ2v) is 10.6. The van der Waals surface area contributed by atoms with E-state index < -0.39 is 21.9 Å². The monoisotopic (exact) mass is 556 g/mol. The lowest BCUT2D eigenvalue weighted by atomic mass is 10.2. The number of hydrogen-bond donors (Lipinski definition) is 1. The number of hydrogen-bond acceptors (Lipinski definition) is 10. The Hall–Kier alpha value is -4.07. The molecule has 0 saturated carbocycles. The van der Waals surface area contributed by atoms with Crippen LogP contribution in [0.3, 0.4) is 0 Å². The number of amides is 1. The van der Waals surface area contributed by atoms with Gasteiger partial charge in [0.05, 0.1) is 29.7 Å². The average molecular weight is 557 g/mol. The van der Waals surface area contributed by atoms with Gasteiger partial charge in [-0.1, -0.05) is 0 Å². The highest BCUT2D eigenvalue weighted by atomic mass is 32.2. The first-order chi connectivity index (χ1) is 18.7. The molecule has 2 aromatic heterocycles. The van der Waals surface area contributed by atoms with Crippen molar-refractivity contribution in [1.29, 1.82) is 0 Å². The zero-order valence-corrected chi connectivity index (χ0v) is 22.4. The maximum absolute atomic E-state index is 13.0. The van der Waals surface area contributed by atoms with Crippen LogP contribution in [0.4, 0.5) is 5.82 Å². The Labute approximate surface area is 225 Å². The second kappa shape index (κ2) is 12.2. The minimum Gasteiger partial charge on any atom is -0.472 e. The first-order valence-electron chi connectivity index (χ1n) is 12.0. The first-order valence-corrected chi connectivity index (χ1v) is 13.4. The number of benzene rings is 1. The summed E-state index contributed by atoms with van der Waals surface area (Å²) in [5, 5.41) is 2.65. The van der Waals surface area contributed by atoms with Crippen LogP contribution in [-0.4, -0.2) is 74.6 Å². The molecule has 1 N–H and O–H groups in total. The molecule has 1 aliphatic rings. The van der Waals surface area contributed by atoms with Gasteiger partial charge in [-0.15, -0.1) is 0 Å². The van der Waals surface area contributed by atoms with Crippen molar-refractivity contribution in [1.82, 2.24) is 14.3 Å². The van der Waals surface area contributed by atoms with Gasteiger partial charge in [0.2, 0.25) is 21.8 Å². The fourth-order valence-electron chi connectivity index (χ4n) is 3.57. The number of esters is 1. The summed E-state index contributed by atoms with van der Waals surface area (Å²) < 4.78 is 48.0. The summed E-state index contributed by atoms with van der Waals surface area (Å²) in [5.74, 6) is -0.377. The van der Waals surface area contributed by atoms with E-state index >= 15 is 0 Å². The molecule has 0 aliphatic carbocycles. The molecular weight excluding hydrogens is 528 g/mol. The van der Waals surface area contributed by atoms with Crippen LogP contribution in [0.5, 0.6) is 17.5 Å².